The third kappa shape index (κ3) is 2.28. The van der Waals surface area contributed by atoms with Gasteiger partial charge in [-0.1, -0.05) is 0 Å². The molecule has 4 heteroatoms. The van der Waals surface area contributed by atoms with E-state index >= 15 is 0 Å². The normalized spacial score (nSPS) is 18.8. The highest BCUT2D eigenvalue weighted by molar-refractivity contribution is 5.59. The standard InChI is InChI=1S/C14H22N4/c1-9-13(15-3)16-10(2)17-14(9)18(12-6-7-12)8-11-4-5-11/h11-12H,4-8H2,1-3H3,(H,15,16,17). The molecule has 2 aliphatic carbocycles. The summed E-state index contributed by atoms with van der Waals surface area (Å²) in [4.78, 5) is 11.7. The Balaban J connectivity index is 1.93. The number of hydrogen-bond donors (Lipinski definition) is 1. The van der Waals surface area contributed by atoms with Crippen LogP contribution < -0.4 is 10.2 Å². The average molecular weight is 246 g/mol. The van der Waals surface area contributed by atoms with Gasteiger partial charge < -0.3 is 10.2 Å². The van der Waals surface area contributed by atoms with Crippen molar-refractivity contribution in [1.29, 1.82) is 0 Å². The molecule has 1 aromatic heterocycles. The van der Waals surface area contributed by atoms with Gasteiger partial charge in [-0.2, -0.15) is 0 Å². The fourth-order valence-corrected chi connectivity index (χ4v) is 2.51. The van der Waals surface area contributed by atoms with Crippen LogP contribution in [-0.4, -0.2) is 29.6 Å². The molecular formula is C14H22N4. The van der Waals surface area contributed by atoms with Crippen molar-refractivity contribution in [3.63, 3.8) is 0 Å². The Morgan fingerprint density at radius 3 is 2.44 bits per heavy atom. The van der Waals surface area contributed by atoms with Crippen molar-refractivity contribution in [3.8, 4) is 0 Å². The molecule has 0 atom stereocenters. The molecule has 3 rings (SSSR count). The van der Waals surface area contributed by atoms with Gasteiger partial charge in [-0.3, -0.25) is 0 Å². The molecule has 0 spiro atoms. The second kappa shape index (κ2) is 4.41. The van der Waals surface area contributed by atoms with Crippen molar-refractivity contribution < 1.29 is 0 Å². The number of nitrogens with zero attached hydrogens (tertiary/aromatic N) is 3. The number of anilines is 2. The average Bonchev–Trinajstić information content (AvgIpc) is 3.21. The molecular weight excluding hydrogens is 224 g/mol. The van der Waals surface area contributed by atoms with Crippen LogP contribution in [0.3, 0.4) is 0 Å². The van der Waals surface area contributed by atoms with Crippen molar-refractivity contribution >= 4 is 11.6 Å². The first-order valence-electron chi connectivity index (χ1n) is 6.98. The molecule has 1 aromatic rings. The molecule has 0 unspecified atom stereocenters. The monoisotopic (exact) mass is 246 g/mol. The topological polar surface area (TPSA) is 41.1 Å². The molecule has 0 saturated heterocycles. The highest BCUT2D eigenvalue weighted by atomic mass is 15.3. The van der Waals surface area contributed by atoms with Crippen LogP contribution in [0.2, 0.25) is 0 Å². The van der Waals surface area contributed by atoms with Crippen LogP contribution in [0.15, 0.2) is 0 Å². The minimum Gasteiger partial charge on any atom is -0.373 e. The Hall–Kier alpha value is -1.32. The van der Waals surface area contributed by atoms with E-state index in [-0.39, 0.29) is 0 Å². The highest BCUT2D eigenvalue weighted by Crippen LogP contribution is 2.38. The predicted molar refractivity (Wildman–Crippen MR) is 74.1 cm³/mol. The first kappa shape index (κ1) is 11.8. The molecule has 18 heavy (non-hydrogen) atoms. The lowest BCUT2D eigenvalue weighted by molar-refractivity contribution is 0.703. The molecule has 0 bridgehead atoms. The van der Waals surface area contributed by atoms with Crippen LogP contribution >= 0.6 is 0 Å². The lowest BCUT2D eigenvalue weighted by atomic mass is 10.2. The minimum atomic E-state index is 0.725. The predicted octanol–water partition coefficient (Wildman–Crippen LogP) is 2.51. The first-order chi connectivity index (χ1) is 8.69. The zero-order valence-corrected chi connectivity index (χ0v) is 11.5. The van der Waals surface area contributed by atoms with Gasteiger partial charge in [0.2, 0.25) is 0 Å². The van der Waals surface area contributed by atoms with E-state index in [2.05, 4.69) is 22.1 Å². The van der Waals surface area contributed by atoms with E-state index < -0.39 is 0 Å². The quantitative estimate of drug-likeness (QED) is 0.866. The van der Waals surface area contributed by atoms with Crippen LogP contribution in [0.1, 0.15) is 37.1 Å². The summed E-state index contributed by atoms with van der Waals surface area (Å²) in [5, 5.41) is 3.18. The lowest BCUT2D eigenvalue weighted by Crippen LogP contribution is -2.30. The first-order valence-corrected chi connectivity index (χ1v) is 6.98. The summed E-state index contributed by atoms with van der Waals surface area (Å²) in [6.45, 7) is 5.29. The molecule has 1 heterocycles. The van der Waals surface area contributed by atoms with Gasteiger partial charge in [0, 0.05) is 25.2 Å². The second-order valence-corrected chi connectivity index (χ2v) is 5.64. The van der Waals surface area contributed by atoms with Gasteiger partial charge in [-0.15, -0.1) is 0 Å². The zero-order valence-electron chi connectivity index (χ0n) is 11.5. The molecule has 4 nitrogen and oxygen atoms in total. The fraction of sp³-hybridized carbons (Fsp3) is 0.714. The van der Waals surface area contributed by atoms with Gasteiger partial charge in [0.05, 0.1) is 0 Å². The van der Waals surface area contributed by atoms with E-state index in [4.69, 9.17) is 4.98 Å². The summed E-state index contributed by atoms with van der Waals surface area (Å²) in [6, 6.07) is 0.725. The van der Waals surface area contributed by atoms with Crippen molar-refractivity contribution in [2.24, 2.45) is 5.92 Å². The highest BCUT2D eigenvalue weighted by Gasteiger charge is 2.35. The van der Waals surface area contributed by atoms with Crippen molar-refractivity contribution in [1.82, 2.24) is 9.97 Å². The third-order valence-corrected chi connectivity index (χ3v) is 3.88. The summed E-state index contributed by atoms with van der Waals surface area (Å²) < 4.78 is 0. The van der Waals surface area contributed by atoms with E-state index in [9.17, 15) is 0 Å². The van der Waals surface area contributed by atoms with Crippen LogP contribution in [0.4, 0.5) is 11.6 Å². The molecule has 0 radical (unpaired) electrons. The van der Waals surface area contributed by atoms with Gasteiger partial charge in [0.15, 0.2) is 0 Å². The van der Waals surface area contributed by atoms with Gasteiger partial charge in [-0.25, -0.2) is 9.97 Å². The lowest BCUT2D eigenvalue weighted by Gasteiger charge is -2.26. The van der Waals surface area contributed by atoms with Gasteiger partial charge in [-0.05, 0) is 45.4 Å². The molecule has 0 aliphatic heterocycles. The molecule has 1 N–H and O–H groups in total. The SMILES string of the molecule is CNc1nc(C)nc(N(CC2CC2)C2CC2)c1C. The third-order valence-electron chi connectivity index (χ3n) is 3.88. The van der Waals surface area contributed by atoms with Crippen LogP contribution in [-0.2, 0) is 0 Å². The van der Waals surface area contributed by atoms with E-state index in [1.807, 2.05) is 14.0 Å². The molecule has 0 amide bonds. The van der Waals surface area contributed by atoms with Gasteiger partial charge in [0.1, 0.15) is 17.5 Å². The summed E-state index contributed by atoms with van der Waals surface area (Å²) in [7, 11) is 1.93. The Morgan fingerprint density at radius 1 is 1.17 bits per heavy atom. The minimum absolute atomic E-state index is 0.725. The van der Waals surface area contributed by atoms with Crippen molar-refractivity contribution in [3.05, 3.63) is 11.4 Å². The van der Waals surface area contributed by atoms with E-state index in [0.717, 1.165) is 29.4 Å². The van der Waals surface area contributed by atoms with E-state index in [1.165, 1.54) is 37.8 Å². The maximum atomic E-state index is 4.70. The summed E-state index contributed by atoms with van der Waals surface area (Å²) in [5.74, 6) is 3.89. The smallest absolute Gasteiger partial charge is 0.137 e. The molecule has 2 saturated carbocycles. The van der Waals surface area contributed by atoms with Crippen LogP contribution in [0.25, 0.3) is 0 Å². The van der Waals surface area contributed by atoms with Gasteiger partial charge >= 0.3 is 0 Å². The van der Waals surface area contributed by atoms with Crippen LogP contribution in [0, 0.1) is 19.8 Å². The van der Waals surface area contributed by atoms with Crippen molar-refractivity contribution in [2.45, 2.75) is 45.6 Å². The van der Waals surface area contributed by atoms with Crippen LogP contribution in [0.5, 0.6) is 0 Å². The van der Waals surface area contributed by atoms with E-state index in [0.29, 0.717) is 0 Å². The van der Waals surface area contributed by atoms with Crippen molar-refractivity contribution in [2.75, 3.05) is 23.8 Å². The summed E-state index contributed by atoms with van der Waals surface area (Å²) >= 11 is 0. The molecule has 2 fully saturated rings. The molecule has 2 aliphatic rings. The number of rotatable bonds is 5. The Labute approximate surface area is 109 Å². The van der Waals surface area contributed by atoms with Gasteiger partial charge in [0.25, 0.3) is 0 Å². The Bertz CT molecular complexity index is 449. The number of hydrogen-bond acceptors (Lipinski definition) is 4. The zero-order chi connectivity index (χ0) is 12.7. The van der Waals surface area contributed by atoms with E-state index in [1.54, 1.807) is 0 Å². The molecule has 0 aromatic carbocycles. The second-order valence-electron chi connectivity index (χ2n) is 5.64. The number of aromatic nitrogens is 2. The summed E-state index contributed by atoms with van der Waals surface area (Å²) in [5.41, 5.74) is 1.19. The number of aryl methyl sites for hydroxylation is 1. The Morgan fingerprint density at radius 2 is 1.89 bits per heavy atom. The number of nitrogens with one attached hydrogen (secondary N) is 1. The maximum Gasteiger partial charge on any atom is 0.137 e. The Kier molecular flexibility index (Phi) is 2.88. The fourth-order valence-electron chi connectivity index (χ4n) is 2.51. The maximum absolute atomic E-state index is 4.70. The summed E-state index contributed by atoms with van der Waals surface area (Å²) in [6.07, 6.45) is 5.44. The molecule has 98 valence electrons. The largest absolute Gasteiger partial charge is 0.373 e.